The van der Waals surface area contributed by atoms with Gasteiger partial charge in [0.2, 0.25) is 5.91 Å². The Bertz CT molecular complexity index is 1500. The number of aromatic nitrogens is 2. The number of ether oxygens (including phenoxy) is 1. The van der Waals surface area contributed by atoms with Crippen molar-refractivity contribution < 1.29 is 14.3 Å². The van der Waals surface area contributed by atoms with E-state index >= 15 is 0 Å². The van der Waals surface area contributed by atoms with Crippen LogP contribution in [0.1, 0.15) is 46.7 Å². The minimum Gasteiger partial charge on any atom is -0.486 e. The highest BCUT2D eigenvalue weighted by molar-refractivity contribution is 6.04. The molecule has 7 heteroatoms. The van der Waals surface area contributed by atoms with Gasteiger partial charge in [0.15, 0.2) is 5.78 Å². The molecule has 2 aliphatic rings. The van der Waals surface area contributed by atoms with E-state index < -0.39 is 5.60 Å². The van der Waals surface area contributed by atoms with E-state index in [2.05, 4.69) is 63.1 Å². The summed E-state index contributed by atoms with van der Waals surface area (Å²) in [5.41, 5.74) is 2.63. The lowest BCUT2D eigenvalue weighted by atomic mass is 9.71. The second-order valence-corrected chi connectivity index (χ2v) is 10.4. The zero-order valence-electron chi connectivity index (χ0n) is 21.5. The van der Waals surface area contributed by atoms with Crippen molar-refractivity contribution >= 4 is 28.2 Å². The van der Waals surface area contributed by atoms with Crippen LogP contribution in [0.2, 0.25) is 0 Å². The summed E-state index contributed by atoms with van der Waals surface area (Å²) in [6.45, 7) is 3.51. The fourth-order valence-electron chi connectivity index (χ4n) is 6.05. The molecule has 7 nitrogen and oxygen atoms in total. The summed E-state index contributed by atoms with van der Waals surface area (Å²) in [5, 5.41) is 8.79. The van der Waals surface area contributed by atoms with Crippen LogP contribution in [0.15, 0.2) is 66.9 Å². The van der Waals surface area contributed by atoms with Crippen molar-refractivity contribution in [2.75, 3.05) is 18.4 Å². The number of H-pyrrole nitrogens is 1. The van der Waals surface area contributed by atoms with Crippen molar-refractivity contribution in [3.8, 4) is 5.75 Å². The number of hydrogen-bond donors (Lipinski definition) is 3. The molecule has 0 saturated carbocycles. The Kier molecular flexibility index (Phi) is 6.45. The number of Topliss-reactive ketones (excluding diaryl/α,β-unsaturated/α-hetero) is 1. The maximum Gasteiger partial charge on any atom is 0.230 e. The third-order valence-corrected chi connectivity index (χ3v) is 7.93. The predicted octanol–water partition coefficient (Wildman–Crippen LogP) is 5.00. The number of aryl methyl sites for hydroxylation is 2. The highest BCUT2D eigenvalue weighted by atomic mass is 16.5. The first-order valence-electron chi connectivity index (χ1n) is 13.4. The van der Waals surface area contributed by atoms with Gasteiger partial charge in [-0.25, -0.2) is 4.98 Å². The summed E-state index contributed by atoms with van der Waals surface area (Å²) in [6.07, 6.45) is 4.94. The Balaban J connectivity index is 1.26. The number of carbonyl (C=O) groups is 2. The quantitative estimate of drug-likeness (QED) is 0.341. The maximum absolute atomic E-state index is 14.1. The van der Waals surface area contributed by atoms with Crippen LogP contribution in [-0.2, 0) is 17.6 Å². The summed E-state index contributed by atoms with van der Waals surface area (Å²) in [5.74, 6) is 1.06. The zero-order chi connectivity index (χ0) is 26.1. The summed E-state index contributed by atoms with van der Waals surface area (Å²) in [6, 6.07) is 20.2. The van der Waals surface area contributed by atoms with Crippen molar-refractivity contribution in [1.29, 1.82) is 0 Å². The van der Waals surface area contributed by atoms with Crippen molar-refractivity contribution in [2.24, 2.45) is 5.92 Å². The van der Waals surface area contributed by atoms with Crippen molar-refractivity contribution in [2.45, 2.75) is 44.6 Å². The Hall–Kier alpha value is -3.97. The molecule has 3 heterocycles. The predicted molar refractivity (Wildman–Crippen MR) is 148 cm³/mol. The lowest BCUT2D eigenvalue weighted by molar-refractivity contribution is -0.115. The van der Waals surface area contributed by atoms with Crippen LogP contribution in [0, 0.1) is 12.8 Å². The number of fused-ring (bicyclic) bond motifs is 2. The van der Waals surface area contributed by atoms with Crippen LogP contribution in [0.25, 0.3) is 10.8 Å². The molecule has 1 amide bonds. The number of ketones is 1. The van der Waals surface area contributed by atoms with E-state index in [1.165, 1.54) is 16.3 Å². The molecule has 2 aliphatic heterocycles. The number of nitrogens with zero attached hydrogens (tertiary/aromatic N) is 1. The maximum atomic E-state index is 14.1. The van der Waals surface area contributed by atoms with E-state index in [0.29, 0.717) is 23.4 Å². The molecule has 3 N–H and O–H groups in total. The number of nitrogens with one attached hydrogen (secondary N) is 3. The van der Waals surface area contributed by atoms with E-state index in [4.69, 9.17) is 4.74 Å². The highest BCUT2D eigenvalue weighted by Gasteiger charge is 2.49. The number of carbonyl (C=O) groups excluding carboxylic acids is 2. The van der Waals surface area contributed by atoms with Gasteiger partial charge in [-0.1, -0.05) is 42.5 Å². The van der Waals surface area contributed by atoms with E-state index in [1.807, 2.05) is 19.1 Å². The molecule has 1 aromatic heterocycles. The van der Waals surface area contributed by atoms with Crippen LogP contribution >= 0.6 is 0 Å². The lowest BCUT2D eigenvalue weighted by Gasteiger charge is -2.46. The van der Waals surface area contributed by atoms with E-state index in [-0.39, 0.29) is 24.0 Å². The molecular weight excluding hydrogens is 476 g/mol. The molecule has 0 bridgehead atoms. The average molecular weight is 509 g/mol. The van der Waals surface area contributed by atoms with Gasteiger partial charge in [0, 0.05) is 30.4 Å². The lowest BCUT2D eigenvalue weighted by Crippen LogP contribution is -2.56. The molecule has 194 valence electrons. The number of rotatable bonds is 6. The number of anilines is 1. The number of aromatic amines is 1. The van der Waals surface area contributed by atoms with Crippen LogP contribution in [-0.4, -0.2) is 40.3 Å². The molecule has 1 spiro atoms. The van der Waals surface area contributed by atoms with Gasteiger partial charge in [0.25, 0.3) is 0 Å². The van der Waals surface area contributed by atoms with Gasteiger partial charge in [0.1, 0.15) is 17.2 Å². The fraction of sp³-hybridized carbons (Fsp3) is 0.323. The molecule has 6 rings (SSSR count). The first-order chi connectivity index (χ1) is 18.5. The number of amides is 1. The molecule has 4 aromatic rings. The second-order valence-electron chi connectivity index (χ2n) is 10.4. The Morgan fingerprint density at radius 2 is 1.92 bits per heavy atom. The Labute approximate surface area is 222 Å². The summed E-state index contributed by atoms with van der Waals surface area (Å²) < 4.78 is 6.69. The minimum absolute atomic E-state index is 0.105. The summed E-state index contributed by atoms with van der Waals surface area (Å²) in [7, 11) is 0. The molecule has 1 unspecified atom stereocenters. The van der Waals surface area contributed by atoms with E-state index in [9.17, 15) is 9.59 Å². The molecular formula is C31H32N4O3. The van der Waals surface area contributed by atoms with Crippen LogP contribution < -0.4 is 15.4 Å². The normalized spacial score (nSPS) is 18.2. The number of hydrogen-bond acceptors (Lipinski definition) is 5. The largest absolute Gasteiger partial charge is 0.486 e. The minimum atomic E-state index is -0.511. The van der Waals surface area contributed by atoms with Gasteiger partial charge in [-0.3, -0.25) is 9.59 Å². The fourth-order valence-corrected chi connectivity index (χ4v) is 6.05. The highest BCUT2D eigenvalue weighted by Crippen LogP contribution is 2.44. The molecule has 3 aromatic carbocycles. The van der Waals surface area contributed by atoms with Crippen molar-refractivity contribution in [3.63, 3.8) is 0 Å². The van der Waals surface area contributed by atoms with Crippen LogP contribution in [0.3, 0.4) is 0 Å². The molecule has 1 atom stereocenters. The van der Waals surface area contributed by atoms with E-state index in [1.54, 1.807) is 12.3 Å². The number of imidazole rings is 1. The average Bonchev–Trinajstić information content (AvgIpc) is 3.33. The van der Waals surface area contributed by atoms with Crippen LogP contribution in [0.5, 0.6) is 5.75 Å². The van der Waals surface area contributed by atoms with Gasteiger partial charge < -0.3 is 20.4 Å². The number of piperidine rings is 1. The van der Waals surface area contributed by atoms with Crippen LogP contribution in [0.4, 0.5) is 5.69 Å². The zero-order valence-corrected chi connectivity index (χ0v) is 21.5. The summed E-state index contributed by atoms with van der Waals surface area (Å²) >= 11 is 0. The van der Waals surface area contributed by atoms with Gasteiger partial charge in [-0.15, -0.1) is 0 Å². The molecule has 1 fully saturated rings. The Morgan fingerprint density at radius 1 is 1.11 bits per heavy atom. The van der Waals surface area contributed by atoms with Gasteiger partial charge in [0.05, 0.1) is 17.9 Å². The van der Waals surface area contributed by atoms with Gasteiger partial charge in [-0.2, -0.15) is 0 Å². The standard InChI is InChI=1S/C31H32N4O3/c1-20-33-19-24(34-20)18-29(36)35-23-10-12-28-26(17-23)30(37)27(31(38-28)13-15-32-16-14-31)11-9-22-7-4-6-21-5-2-3-8-25(21)22/h2-8,10,12,17,19,27,32H,9,11,13-16,18H2,1H3,(H,33,34)(H,35,36). The van der Waals surface area contributed by atoms with Crippen molar-refractivity contribution in [3.05, 3.63) is 89.5 Å². The summed E-state index contributed by atoms with van der Waals surface area (Å²) in [4.78, 5) is 33.9. The topological polar surface area (TPSA) is 96.1 Å². The second kappa shape index (κ2) is 10.1. The number of benzene rings is 3. The first-order valence-corrected chi connectivity index (χ1v) is 13.4. The Morgan fingerprint density at radius 3 is 2.74 bits per heavy atom. The van der Waals surface area contributed by atoms with E-state index in [0.717, 1.165) is 43.9 Å². The monoisotopic (exact) mass is 508 g/mol. The van der Waals surface area contributed by atoms with Gasteiger partial charge >= 0.3 is 0 Å². The first kappa shape index (κ1) is 24.4. The molecule has 0 radical (unpaired) electrons. The van der Waals surface area contributed by atoms with Crippen molar-refractivity contribution in [1.82, 2.24) is 15.3 Å². The molecule has 38 heavy (non-hydrogen) atoms. The smallest absolute Gasteiger partial charge is 0.230 e. The molecule has 1 saturated heterocycles. The third kappa shape index (κ3) is 4.70. The SMILES string of the molecule is Cc1ncc(CC(=O)Nc2ccc3c(c2)C(=O)C(CCc2cccc4ccccc24)C2(CCNCC2)O3)[nH]1. The third-order valence-electron chi connectivity index (χ3n) is 7.93. The molecule has 0 aliphatic carbocycles. The van der Waals surface area contributed by atoms with Gasteiger partial charge in [-0.05, 0) is 67.4 Å².